The Morgan fingerprint density at radius 1 is 1.31 bits per heavy atom. The van der Waals surface area contributed by atoms with E-state index >= 15 is 0 Å². The SMILES string of the molecule is CP(O)C1CCCC=C1C1CC=CCC1O. The van der Waals surface area contributed by atoms with Crippen molar-refractivity contribution in [3.05, 3.63) is 23.8 Å². The summed E-state index contributed by atoms with van der Waals surface area (Å²) in [6.45, 7) is 1.93. The summed E-state index contributed by atoms with van der Waals surface area (Å²) in [4.78, 5) is 9.89. The standard InChI is InChI=1S/C13H21O2P/c1-16(15)13-9-5-3-7-11(13)10-6-2-4-8-12(10)14/h2,4,7,10,12-15H,3,5-6,8-9H2,1H3. The number of aliphatic hydroxyl groups is 1. The molecule has 0 amide bonds. The molecule has 0 saturated heterocycles. The second-order valence-corrected chi connectivity index (χ2v) is 6.61. The van der Waals surface area contributed by atoms with Crippen LogP contribution < -0.4 is 0 Å². The van der Waals surface area contributed by atoms with Crippen LogP contribution in [0.3, 0.4) is 0 Å². The van der Waals surface area contributed by atoms with E-state index in [1.807, 2.05) is 6.66 Å². The van der Waals surface area contributed by atoms with E-state index in [0.29, 0.717) is 5.66 Å². The number of rotatable bonds is 2. The molecular formula is C13H21O2P. The van der Waals surface area contributed by atoms with E-state index in [0.717, 1.165) is 25.7 Å². The van der Waals surface area contributed by atoms with E-state index in [9.17, 15) is 10.00 Å². The van der Waals surface area contributed by atoms with Crippen molar-refractivity contribution in [2.75, 3.05) is 6.66 Å². The number of allylic oxidation sites excluding steroid dienone is 2. The Balaban J connectivity index is 2.16. The van der Waals surface area contributed by atoms with Gasteiger partial charge in [0.15, 0.2) is 0 Å². The molecule has 4 atom stereocenters. The maximum absolute atomic E-state index is 10.1. The Bertz CT molecular complexity index is 296. The Morgan fingerprint density at radius 2 is 2.06 bits per heavy atom. The van der Waals surface area contributed by atoms with Crippen LogP contribution in [0, 0.1) is 5.92 Å². The molecule has 0 aliphatic heterocycles. The first kappa shape index (κ1) is 12.3. The van der Waals surface area contributed by atoms with Gasteiger partial charge in [-0.2, -0.15) is 0 Å². The molecule has 0 bridgehead atoms. The van der Waals surface area contributed by atoms with E-state index in [4.69, 9.17) is 0 Å². The van der Waals surface area contributed by atoms with Crippen LogP contribution in [0.2, 0.25) is 0 Å². The molecule has 0 spiro atoms. The quantitative estimate of drug-likeness (QED) is 0.575. The number of aliphatic hydroxyl groups excluding tert-OH is 1. The maximum atomic E-state index is 10.1. The van der Waals surface area contributed by atoms with Crippen molar-refractivity contribution in [1.29, 1.82) is 0 Å². The van der Waals surface area contributed by atoms with Gasteiger partial charge in [-0.15, -0.1) is 0 Å². The fraction of sp³-hybridized carbons (Fsp3) is 0.692. The summed E-state index contributed by atoms with van der Waals surface area (Å²) < 4.78 is 0. The van der Waals surface area contributed by atoms with Crippen LogP contribution in [0.4, 0.5) is 0 Å². The molecule has 0 heterocycles. The molecule has 3 heteroatoms. The van der Waals surface area contributed by atoms with Crippen LogP contribution >= 0.6 is 8.15 Å². The smallest absolute Gasteiger partial charge is 0.0643 e. The zero-order chi connectivity index (χ0) is 11.5. The molecular weight excluding hydrogens is 219 g/mol. The van der Waals surface area contributed by atoms with Gasteiger partial charge in [-0.3, -0.25) is 0 Å². The third kappa shape index (κ3) is 2.56. The fourth-order valence-corrected chi connectivity index (χ4v) is 4.13. The minimum atomic E-state index is -0.905. The first-order valence-corrected chi connectivity index (χ1v) is 7.96. The summed E-state index contributed by atoms with van der Waals surface area (Å²) in [5.74, 6) is 0.257. The highest BCUT2D eigenvalue weighted by Crippen LogP contribution is 2.46. The first-order chi connectivity index (χ1) is 7.70. The molecule has 2 N–H and O–H groups in total. The second kappa shape index (κ2) is 5.44. The molecule has 0 radical (unpaired) electrons. The van der Waals surface area contributed by atoms with Gasteiger partial charge in [0.1, 0.15) is 0 Å². The van der Waals surface area contributed by atoms with Crippen molar-refractivity contribution >= 4 is 8.15 Å². The highest BCUT2D eigenvalue weighted by Gasteiger charge is 2.32. The van der Waals surface area contributed by atoms with Gasteiger partial charge in [0.05, 0.1) is 6.10 Å². The largest absolute Gasteiger partial charge is 0.392 e. The maximum Gasteiger partial charge on any atom is 0.0643 e. The van der Waals surface area contributed by atoms with Crippen molar-refractivity contribution in [3.63, 3.8) is 0 Å². The van der Waals surface area contributed by atoms with Crippen LogP contribution in [0.25, 0.3) is 0 Å². The van der Waals surface area contributed by atoms with Crippen molar-refractivity contribution < 1.29 is 10.00 Å². The van der Waals surface area contributed by atoms with Gasteiger partial charge in [0.25, 0.3) is 0 Å². The van der Waals surface area contributed by atoms with Crippen LogP contribution in [-0.2, 0) is 0 Å². The molecule has 2 aliphatic carbocycles. The lowest BCUT2D eigenvalue weighted by molar-refractivity contribution is 0.121. The molecule has 2 nitrogen and oxygen atoms in total. The molecule has 0 saturated carbocycles. The lowest BCUT2D eigenvalue weighted by Gasteiger charge is -2.35. The molecule has 16 heavy (non-hydrogen) atoms. The van der Waals surface area contributed by atoms with Gasteiger partial charge in [-0.1, -0.05) is 23.8 Å². The average molecular weight is 240 g/mol. The summed E-state index contributed by atoms with van der Waals surface area (Å²) in [6.07, 6.45) is 11.4. The number of hydrogen-bond donors (Lipinski definition) is 2. The molecule has 2 rings (SSSR count). The molecule has 2 aliphatic rings. The molecule has 4 unspecified atom stereocenters. The Labute approximate surface area is 98.9 Å². The number of hydrogen-bond acceptors (Lipinski definition) is 2. The Hall–Kier alpha value is -0.170. The zero-order valence-corrected chi connectivity index (χ0v) is 10.7. The highest BCUT2D eigenvalue weighted by molar-refractivity contribution is 7.51. The summed E-state index contributed by atoms with van der Waals surface area (Å²) in [5, 5.41) is 10.1. The predicted molar refractivity (Wildman–Crippen MR) is 68.7 cm³/mol. The topological polar surface area (TPSA) is 40.5 Å². The highest BCUT2D eigenvalue weighted by atomic mass is 31.1. The average Bonchev–Trinajstić information content (AvgIpc) is 2.29. The third-order valence-corrected chi connectivity index (χ3v) is 5.18. The second-order valence-electron chi connectivity index (χ2n) is 4.84. The predicted octanol–water partition coefficient (Wildman–Crippen LogP) is 2.81. The summed E-state index contributed by atoms with van der Waals surface area (Å²) >= 11 is 0. The van der Waals surface area contributed by atoms with Crippen LogP contribution in [0.5, 0.6) is 0 Å². The lowest BCUT2D eigenvalue weighted by atomic mass is 9.80. The molecule has 0 aromatic heterocycles. The van der Waals surface area contributed by atoms with Gasteiger partial charge in [0, 0.05) is 19.7 Å². The molecule has 0 aromatic carbocycles. The Kier molecular flexibility index (Phi) is 4.18. The monoisotopic (exact) mass is 240 g/mol. The van der Waals surface area contributed by atoms with Gasteiger partial charge in [0.2, 0.25) is 0 Å². The van der Waals surface area contributed by atoms with Gasteiger partial charge in [-0.25, -0.2) is 0 Å². The van der Waals surface area contributed by atoms with Crippen LogP contribution in [0.15, 0.2) is 23.8 Å². The van der Waals surface area contributed by atoms with Crippen LogP contribution in [0.1, 0.15) is 32.1 Å². The van der Waals surface area contributed by atoms with Crippen molar-refractivity contribution in [2.45, 2.75) is 43.9 Å². The minimum Gasteiger partial charge on any atom is -0.392 e. The van der Waals surface area contributed by atoms with Gasteiger partial charge in [-0.05, 0) is 38.8 Å². The molecule has 90 valence electrons. The fourth-order valence-electron chi connectivity index (χ4n) is 2.84. The summed E-state index contributed by atoms with van der Waals surface area (Å²) in [5.41, 5.74) is 1.66. The van der Waals surface area contributed by atoms with Crippen molar-refractivity contribution in [1.82, 2.24) is 0 Å². The van der Waals surface area contributed by atoms with E-state index in [2.05, 4.69) is 18.2 Å². The summed E-state index contributed by atoms with van der Waals surface area (Å²) in [7, 11) is -0.905. The molecule has 0 aromatic rings. The van der Waals surface area contributed by atoms with E-state index in [1.54, 1.807) is 0 Å². The normalized spacial score (nSPS) is 36.9. The third-order valence-electron chi connectivity index (χ3n) is 3.72. The van der Waals surface area contributed by atoms with Crippen molar-refractivity contribution in [2.24, 2.45) is 5.92 Å². The van der Waals surface area contributed by atoms with Gasteiger partial charge < -0.3 is 10.00 Å². The molecule has 0 fully saturated rings. The Morgan fingerprint density at radius 3 is 2.75 bits per heavy atom. The lowest BCUT2D eigenvalue weighted by Crippen LogP contribution is -2.29. The van der Waals surface area contributed by atoms with Gasteiger partial charge >= 0.3 is 0 Å². The summed E-state index contributed by atoms with van der Waals surface area (Å²) in [6, 6.07) is 0. The minimum absolute atomic E-state index is 0.244. The van der Waals surface area contributed by atoms with Crippen LogP contribution in [-0.4, -0.2) is 28.4 Å². The van der Waals surface area contributed by atoms with E-state index in [1.165, 1.54) is 12.0 Å². The van der Waals surface area contributed by atoms with E-state index in [-0.39, 0.29) is 12.0 Å². The van der Waals surface area contributed by atoms with Crippen molar-refractivity contribution in [3.8, 4) is 0 Å². The van der Waals surface area contributed by atoms with E-state index < -0.39 is 8.15 Å². The zero-order valence-electron chi connectivity index (χ0n) is 9.84. The first-order valence-electron chi connectivity index (χ1n) is 6.15.